The summed E-state index contributed by atoms with van der Waals surface area (Å²) in [4.78, 5) is 24.9. The first kappa shape index (κ1) is 20.1. The number of nitro groups is 1. The van der Waals surface area contributed by atoms with E-state index in [0.717, 1.165) is 11.3 Å². The van der Waals surface area contributed by atoms with Gasteiger partial charge in [0.25, 0.3) is 11.6 Å². The average molecular weight is 439 g/mol. The van der Waals surface area contributed by atoms with Crippen LogP contribution in [0.2, 0.25) is 0 Å². The number of nitrogens with one attached hydrogen (secondary N) is 1. The molecule has 9 heteroatoms. The van der Waals surface area contributed by atoms with Crippen LogP contribution in [0.1, 0.15) is 16.1 Å². The summed E-state index contributed by atoms with van der Waals surface area (Å²) in [5.41, 5.74) is 4.04. The fraction of sp³-hybridized carbons (Fsp3) is 0.0417. The van der Waals surface area contributed by atoms with Crippen LogP contribution in [0.3, 0.4) is 0 Å². The second-order valence-electron chi connectivity index (χ2n) is 7.41. The Morgan fingerprint density at radius 3 is 2.48 bits per heavy atom. The van der Waals surface area contributed by atoms with Gasteiger partial charge in [0.15, 0.2) is 5.76 Å². The number of amides is 1. The van der Waals surface area contributed by atoms with Crippen LogP contribution in [0, 0.1) is 17.0 Å². The SMILES string of the molecule is Cc1cc2nn(-c3ccccc3)nc2cc1NC(=O)c1ccc(-c2cccc([N+](=O)[O-])c2)o1. The van der Waals surface area contributed by atoms with Crippen molar-refractivity contribution in [3.05, 3.63) is 100 Å². The first-order valence-electron chi connectivity index (χ1n) is 10.1. The van der Waals surface area contributed by atoms with Crippen molar-refractivity contribution in [2.24, 2.45) is 0 Å². The van der Waals surface area contributed by atoms with E-state index < -0.39 is 10.8 Å². The van der Waals surface area contributed by atoms with Gasteiger partial charge >= 0.3 is 0 Å². The molecule has 162 valence electrons. The molecule has 0 saturated carbocycles. The van der Waals surface area contributed by atoms with Gasteiger partial charge in [0, 0.05) is 23.4 Å². The van der Waals surface area contributed by atoms with Crippen LogP contribution in [0.15, 0.2) is 83.3 Å². The molecule has 5 rings (SSSR count). The Hall–Kier alpha value is -4.79. The van der Waals surface area contributed by atoms with Gasteiger partial charge in [-0.05, 0) is 48.9 Å². The lowest BCUT2D eigenvalue weighted by Crippen LogP contribution is -2.11. The number of carbonyl (C=O) groups is 1. The minimum absolute atomic E-state index is 0.0534. The molecule has 1 amide bonds. The van der Waals surface area contributed by atoms with Crippen molar-refractivity contribution in [2.75, 3.05) is 5.32 Å². The number of para-hydroxylation sites is 1. The molecule has 0 aliphatic carbocycles. The van der Waals surface area contributed by atoms with Crippen LogP contribution in [0.5, 0.6) is 0 Å². The number of nitrogens with zero attached hydrogens (tertiary/aromatic N) is 4. The smallest absolute Gasteiger partial charge is 0.291 e. The highest BCUT2D eigenvalue weighted by Gasteiger charge is 2.16. The topological polar surface area (TPSA) is 116 Å². The van der Waals surface area contributed by atoms with Crippen LogP contribution in [-0.2, 0) is 0 Å². The number of aromatic nitrogens is 3. The second kappa shape index (κ2) is 8.04. The molecule has 0 unspecified atom stereocenters. The molecule has 2 heterocycles. The van der Waals surface area contributed by atoms with E-state index in [1.807, 2.05) is 43.3 Å². The van der Waals surface area contributed by atoms with Crippen molar-refractivity contribution in [1.29, 1.82) is 0 Å². The molecule has 0 spiro atoms. The Kier molecular flexibility index (Phi) is 4.91. The van der Waals surface area contributed by atoms with Crippen molar-refractivity contribution in [2.45, 2.75) is 6.92 Å². The van der Waals surface area contributed by atoms with Gasteiger partial charge < -0.3 is 9.73 Å². The van der Waals surface area contributed by atoms with E-state index in [4.69, 9.17) is 4.42 Å². The number of aryl methyl sites for hydroxylation is 1. The Morgan fingerprint density at radius 1 is 0.970 bits per heavy atom. The second-order valence-corrected chi connectivity index (χ2v) is 7.41. The molecule has 1 N–H and O–H groups in total. The lowest BCUT2D eigenvalue weighted by Gasteiger charge is -2.06. The van der Waals surface area contributed by atoms with Crippen LogP contribution in [0.4, 0.5) is 11.4 Å². The molecule has 0 fully saturated rings. The lowest BCUT2D eigenvalue weighted by atomic mass is 10.1. The summed E-state index contributed by atoms with van der Waals surface area (Å²) >= 11 is 0. The van der Waals surface area contributed by atoms with Gasteiger partial charge in [0.1, 0.15) is 16.8 Å². The minimum Gasteiger partial charge on any atom is -0.451 e. The van der Waals surface area contributed by atoms with Gasteiger partial charge in [-0.2, -0.15) is 4.80 Å². The van der Waals surface area contributed by atoms with Gasteiger partial charge in [-0.1, -0.05) is 30.3 Å². The number of carbonyl (C=O) groups excluding carboxylic acids is 1. The number of hydrogen-bond donors (Lipinski definition) is 1. The largest absolute Gasteiger partial charge is 0.451 e. The van der Waals surface area contributed by atoms with Crippen molar-refractivity contribution >= 4 is 28.3 Å². The lowest BCUT2D eigenvalue weighted by molar-refractivity contribution is -0.384. The third-order valence-electron chi connectivity index (χ3n) is 5.13. The molecule has 0 saturated heterocycles. The van der Waals surface area contributed by atoms with E-state index in [1.54, 1.807) is 29.1 Å². The molecule has 0 aliphatic rings. The van der Waals surface area contributed by atoms with Crippen molar-refractivity contribution in [3.8, 4) is 17.0 Å². The molecular formula is C24H17N5O4. The van der Waals surface area contributed by atoms with Crippen LogP contribution >= 0.6 is 0 Å². The molecule has 0 aliphatic heterocycles. The molecule has 9 nitrogen and oxygen atoms in total. The first-order chi connectivity index (χ1) is 16.0. The van der Waals surface area contributed by atoms with Crippen LogP contribution < -0.4 is 5.32 Å². The summed E-state index contributed by atoms with van der Waals surface area (Å²) in [6.45, 7) is 1.87. The third kappa shape index (κ3) is 3.94. The number of nitro benzene ring substituents is 1. The monoisotopic (exact) mass is 439 g/mol. The summed E-state index contributed by atoms with van der Waals surface area (Å²) in [5, 5.41) is 22.9. The predicted molar refractivity (Wildman–Crippen MR) is 122 cm³/mol. The molecule has 5 aromatic rings. The van der Waals surface area contributed by atoms with Gasteiger partial charge in [-0.25, -0.2) is 0 Å². The third-order valence-corrected chi connectivity index (χ3v) is 5.13. The fourth-order valence-electron chi connectivity index (χ4n) is 3.45. The van der Waals surface area contributed by atoms with Gasteiger partial charge in [-0.15, -0.1) is 10.2 Å². The number of anilines is 1. The standard InChI is InChI=1S/C24H17N5O4/c1-15-12-20-21(27-28(26-20)17-7-3-2-4-8-17)14-19(15)25-24(30)23-11-10-22(33-23)16-6-5-9-18(13-16)29(31)32/h2-14H,1H3,(H,25,30). The van der Waals surface area contributed by atoms with Crippen molar-refractivity contribution in [3.63, 3.8) is 0 Å². The van der Waals surface area contributed by atoms with Crippen LogP contribution in [0.25, 0.3) is 28.0 Å². The molecule has 3 aromatic carbocycles. The quantitative estimate of drug-likeness (QED) is 0.299. The number of benzene rings is 3. The minimum atomic E-state index is -0.479. The van der Waals surface area contributed by atoms with E-state index in [9.17, 15) is 14.9 Å². The molecular weight excluding hydrogens is 422 g/mol. The summed E-state index contributed by atoms with van der Waals surface area (Å²) in [6, 6.07) is 22.3. The highest BCUT2D eigenvalue weighted by Crippen LogP contribution is 2.27. The highest BCUT2D eigenvalue weighted by atomic mass is 16.6. The molecule has 33 heavy (non-hydrogen) atoms. The number of hydrogen-bond acceptors (Lipinski definition) is 6. The summed E-state index contributed by atoms with van der Waals surface area (Å²) in [7, 11) is 0. The van der Waals surface area contributed by atoms with Gasteiger partial charge in [0.2, 0.25) is 0 Å². The number of furan rings is 1. The molecule has 2 aromatic heterocycles. The molecule has 0 bridgehead atoms. The van der Waals surface area contributed by atoms with Crippen molar-refractivity contribution in [1.82, 2.24) is 15.0 Å². The normalized spacial score (nSPS) is 10.9. The zero-order valence-corrected chi connectivity index (χ0v) is 17.4. The number of rotatable bonds is 5. The van der Waals surface area contributed by atoms with Crippen LogP contribution in [-0.4, -0.2) is 25.8 Å². The Labute approximate surface area is 187 Å². The maximum absolute atomic E-state index is 12.8. The summed E-state index contributed by atoms with van der Waals surface area (Å²) < 4.78 is 5.66. The predicted octanol–water partition coefficient (Wildman–Crippen LogP) is 5.15. The zero-order valence-electron chi connectivity index (χ0n) is 17.4. The first-order valence-corrected chi connectivity index (χ1v) is 10.1. The van der Waals surface area contributed by atoms with E-state index in [2.05, 4.69) is 15.5 Å². The Bertz CT molecular complexity index is 1500. The maximum Gasteiger partial charge on any atom is 0.291 e. The Morgan fingerprint density at radius 2 is 1.73 bits per heavy atom. The maximum atomic E-state index is 12.8. The molecule has 0 atom stereocenters. The summed E-state index contributed by atoms with van der Waals surface area (Å²) in [5.74, 6) is 0.00959. The highest BCUT2D eigenvalue weighted by molar-refractivity contribution is 6.04. The zero-order chi connectivity index (χ0) is 22.9. The van der Waals surface area contributed by atoms with E-state index >= 15 is 0 Å². The van der Waals surface area contributed by atoms with Crippen molar-refractivity contribution < 1.29 is 14.1 Å². The van der Waals surface area contributed by atoms with E-state index in [1.165, 1.54) is 18.2 Å². The summed E-state index contributed by atoms with van der Waals surface area (Å²) in [6.07, 6.45) is 0. The average Bonchev–Trinajstić information content (AvgIpc) is 3.47. The van der Waals surface area contributed by atoms with E-state index in [0.29, 0.717) is 28.0 Å². The number of fused-ring (bicyclic) bond motifs is 1. The molecule has 0 radical (unpaired) electrons. The van der Waals surface area contributed by atoms with E-state index in [-0.39, 0.29) is 11.4 Å². The Balaban J connectivity index is 1.40. The van der Waals surface area contributed by atoms with Gasteiger partial charge in [0.05, 0.1) is 10.6 Å². The fourth-order valence-corrected chi connectivity index (χ4v) is 3.45. The van der Waals surface area contributed by atoms with Gasteiger partial charge in [-0.3, -0.25) is 14.9 Å². The number of non-ortho nitro benzene ring substituents is 1.